The van der Waals surface area contributed by atoms with Crippen LogP contribution in [-0.4, -0.2) is 29.9 Å². The number of allylic oxidation sites excluding steroid dienone is 1. The molecule has 1 amide bonds. The van der Waals surface area contributed by atoms with Gasteiger partial charge in [0.05, 0.1) is 10.6 Å². The number of amides is 1. The number of hydrazone groups is 1. The molecule has 1 aliphatic heterocycles. The molecular weight excluding hydrogens is 366 g/mol. The van der Waals surface area contributed by atoms with E-state index in [0.717, 1.165) is 5.56 Å². The molecule has 0 spiro atoms. The van der Waals surface area contributed by atoms with Crippen LogP contribution in [0.1, 0.15) is 12.5 Å². The summed E-state index contributed by atoms with van der Waals surface area (Å²) in [7, 11) is 0. The predicted octanol–water partition coefficient (Wildman–Crippen LogP) is 2.91. The fourth-order valence-corrected chi connectivity index (χ4v) is 2.33. The predicted molar refractivity (Wildman–Crippen MR) is 101 cm³/mol. The second kappa shape index (κ2) is 8.67. The number of nitro benzene ring substituents is 1. The Morgan fingerprint density at radius 3 is 2.89 bits per heavy atom. The summed E-state index contributed by atoms with van der Waals surface area (Å²) in [6.07, 6.45) is 3.54. The summed E-state index contributed by atoms with van der Waals surface area (Å²) in [5.74, 6) is 0.866. The molecular formula is C19H17N3O6. The number of para-hydroxylation sites is 2. The van der Waals surface area contributed by atoms with Crippen molar-refractivity contribution in [1.29, 1.82) is 0 Å². The zero-order valence-corrected chi connectivity index (χ0v) is 15.0. The van der Waals surface area contributed by atoms with Crippen LogP contribution in [0.25, 0.3) is 6.08 Å². The van der Waals surface area contributed by atoms with E-state index in [4.69, 9.17) is 14.2 Å². The SMILES string of the molecule is CC(/C=C/c1ccc2c(c1)OCO2)=N/NC(=O)COc1ccccc1[N+](=O)[O-]. The fourth-order valence-electron chi connectivity index (χ4n) is 2.33. The standard InChI is InChI=1S/C19H17N3O6/c1-13(6-7-14-8-9-17-18(10-14)28-12-27-17)20-21-19(23)11-26-16-5-3-2-4-15(16)22(24)25/h2-10H,11-12H2,1H3,(H,21,23)/b7-6+,20-13-. The minimum Gasteiger partial charge on any atom is -0.477 e. The normalized spacial score (nSPS) is 12.8. The number of benzene rings is 2. The molecule has 0 saturated carbocycles. The molecule has 0 aromatic heterocycles. The third-order valence-corrected chi connectivity index (χ3v) is 3.69. The van der Waals surface area contributed by atoms with Crippen molar-refractivity contribution in [1.82, 2.24) is 5.43 Å². The molecule has 2 aromatic carbocycles. The van der Waals surface area contributed by atoms with Crippen molar-refractivity contribution in [2.45, 2.75) is 6.92 Å². The smallest absolute Gasteiger partial charge is 0.310 e. The van der Waals surface area contributed by atoms with Gasteiger partial charge in [-0.05, 0) is 36.8 Å². The van der Waals surface area contributed by atoms with Crippen LogP contribution < -0.4 is 19.6 Å². The van der Waals surface area contributed by atoms with Crippen molar-refractivity contribution in [3.63, 3.8) is 0 Å². The van der Waals surface area contributed by atoms with Gasteiger partial charge in [0.2, 0.25) is 6.79 Å². The lowest BCUT2D eigenvalue weighted by atomic mass is 10.2. The molecule has 28 heavy (non-hydrogen) atoms. The number of nitrogens with one attached hydrogen (secondary N) is 1. The lowest BCUT2D eigenvalue weighted by Gasteiger charge is -2.05. The van der Waals surface area contributed by atoms with Gasteiger partial charge in [-0.15, -0.1) is 0 Å². The summed E-state index contributed by atoms with van der Waals surface area (Å²) in [5, 5.41) is 14.9. The maximum atomic E-state index is 11.8. The Bertz CT molecular complexity index is 954. The van der Waals surface area contributed by atoms with E-state index in [2.05, 4.69) is 10.5 Å². The minimum absolute atomic E-state index is 0.0195. The number of hydrogen-bond donors (Lipinski definition) is 1. The van der Waals surface area contributed by atoms with E-state index in [9.17, 15) is 14.9 Å². The molecule has 0 aliphatic carbocycles. The topological polar surface area (TPSA) is 112 Å². The highest BCUT2D eigenvalue weighted by molar-refractivity contribution is 5.97. The summed E-state index contributed by atoms with van der Waals surface area (Å²) in [6, 6.07) is 11.4. The van der Waals surface area contributed by atoms with Gasteiger partial charge in [-0.1, -0.05) is 24.3 Å². The maximum absolute atomic E-state index is 11.8. The lowest BCUT2D eigenvalue weighted by Crippen LogP contribution is -2.25. The van der Waals surface area contributed by atoms with Crippen LogP contribution in [0.5, 0.6) is 17.2 Å². The zero-order valence-electron chi connectivity index (χ0n) is 15.0. The summed E-state index contributed by atoms with van der Waals surface area (Å²) in [4.78, 5) is 22.2. The van der Waals surface area contributed by atoms with E-state index in [1.165, 1.54) is 18.2 Å². The minimum atomic E-state index is -0.573. The first-order valence-electron chi connectivity index (χ1n) is 8.30. The molecule has 1 heterocycles. The van der Waals surface area contributed by atoms with Crippen molar-refractivity contribution in [3.8, 4) is 17.2 Å². The first-order valence-corrected chi connectivity index (χ1v) is 8.30. The van der Waals surface area contributed by atoms with Gasteiger partial charge >= 0.3 is 5.69 Å². The molecule has 0 fully saturated rings. The van der Waals surface area contributed by atoms with E-state index in [1.54, 1.807) is 19.1 Å². The maximum Gasteiger partial charge on any atom is 0.310 e. The number of nitro groups is 1. The quantitative estimate of drug-likeness (QED) is 0.447. The number of rotatable bonds is 7. The second-order valence-electron chi connectivity index (χ2n) is 5.75. The Hall–Kier alpha value is -3.88. The van der Waals surface area contributed by atoms with Crippen LogP contribution >= 0.6 is 0 Å². The molecule has 0 radical (unpaired) electrons. The lowest BCUT2D eigenvalue weighted by molar-refractivity contribution is -0.385. The van der Waals surface area contributed by atoms with E-state index >= 15 is 0 Å². The Kier molecular flexibility index (Phi) is 5.85. The molecule has 0 unspecified atom stereocenters. The highest BCUT2D eigenvalue weighted by Crippen LogP contribution is 2.32. The molecule has 1 aliphatic rings. The van der Waals surface area contributed by atoms with Crippen LogP contribution in [0, 0.1) is 10.1 Å². The second-order valence-corrected chi connectivity index (χ2v) is 5.75. The van der Waals surface area contributed by atoms with Crippen molar-refractivity contribution in [3.05, 3.63) is 64.2 Å². The van der Waals surface area contributed by atoms with Crippen LogP contribution in [-0.2, 0) is 4.79 Å². The summed E-state index contributed by atoms with van der Waals surface area (Å²) in [5.41, 5.74) is 3.58. The zero-order chi connectivity index (χ0) is 19.9. The number of carbonyl (C=O) groups is 1. The monoisotopic (exact) mass is 383 g/mol. The number of ether oxygens (including phenoxy) is 3. The summed E-state index contributed by atoms with van der Waals surface area (Å²) >= 11 is 0. The van der Waals surface area contributed by atoms with E-state index in [0.29, 0.717) is 17.2 Å². The Labute approximate surface area is 160 Å². The van der Waals surface area contributed by atoms with E-state index < -0.39 is 17.4 Å². The molecule has 0 atom stereocenters. The number of hydrogen-bond acceptors (Lipinski definition) is 7. The van der Waals surface area contributed by atoms with Gasteiger partial charge in [0, 0.05) is 6.07 Å². The van der Waals surface area contributed by atoms with Crippen LogP contribution in [0.3, 0.4) is 0 Å². The molecule has 9 nitrogen and oxygen atoms in total. The Morgan fingerprint density at radius 1 is 1.29 bits per heavy atom. The first kappa shape index (κ1) is 18.9. The van der Waals surface area contributed by atoms with E-state index in [-0.39, 0.29) is 18.2 Å². The van der Waals surface area contributed by atoms with Gasteiger partial charge in [-0.3, -0.25) is 14.9 Å². The van der Waals surface area contributed by atoms with Gasteiger partial charge < -0.3 is 14.2 Å². The van der Waals surface area contributed by atoms with Crippen LogP contribution in [0.2, 0.25) is 0 Å². The fraction of sp³-hybridized carbons (Fsp3) is 0.158. The van der Waals surface area contributed by atoms with Crippen molar-refractivity contribution < 1.29 is 23.9 Å². The van der Waals surface area contributed by atoms with Gasteiger partial charge in [0.1, 0.15) is 0 Å². The van der Waals surface area contributed by atoms with Crippen molar-refractivity contribution >= 4 is 23.4 Å². The molecule has 1 N–H and O–H groups in total. The number of nitrogens with zero attached hydrogens (tertiary/aromatic N) is 2. The third kappa shape index (κ3) is 4.85. The Balaban J connectivity index is 1.52. The van der Waals surface area contributed by atoms with Crippen molar-refractivity contribution in [2.75, 3.05) is 13.4 Å². The Morgan fingerprint density at radius 2 is 2.07 bits per heavy atom. The van der Waals surface area contributed by atoms with Gasteiger partial charge in [0.25, 0.3) is 5.91 Å². The van der Waals surface area contributed by atoms with E-state index in [1.807, 2.05) is 24.3 Å². The van der Waals surface area contributed by atoms with Crippen LogP contribution in [0.4, 0.5) is 5.69 Å². The highest BCUT2D eigenvalue weighted by atomic mass is 16.7. The number of fused-ring (bicyclic) bond motifs is 1. The molecule has 2 aromatic rings. The molecule has 144 valence electrons. The molecule has 3 rings (SSSR count). The average molecular weight is 383 g/mol. The molecule has 9 heteroatoms. The van der Waals surface area contributed by atoms with Gasteiger partial charge in [-0.25, -0.2) is 5.43 Å². The average Bonchev–Trinajstić information content (AvgIpc) is 3.17. The van der Waals surface area contributed by atoms with Crippen molar-refractivity contribution in [2.24, 2.45) is 5.10 Å². The highest BCUT2D eigenvalue weighted by Gasteiger charge is 2.15. The summed E-state index contributed by atoms with van der Waals surface area (Å²) in [6.45, 7) is 1.53. The van der Waals surface area contributed by atoms with Crippen LogP contribution in [0.15, 0.2) is 53.6 Å². The molecule has 0 bridgehead atoms. The van der Waals surface area contributed by atoms with Gasteiger partial charge in [-0.2, -0.15) is 5.10 Å². The summed E-state index contributed by atoms with van der Waals surface area (Å²) < 4.78 is 15.8. The molecule has 0 saturated heterocycles. The first-order chi connectivity index (χ1) is 13.5. The van der Waals surface area contributed by atoms with Gasteiger partial charge in [0.15, 0.2) is 23.9 Å². The number of carbonyl (C=O) groups excluding carboxylic acids is 1. The largest absolute Gasteiger partial charge is 0.477 e. The third-order valence-electron chi connectivity index (χ3n) is 3.69.